The summed E-state index contributed by atoms with van der Waals surface area (Å²) >= 11 is 0. The van der Waals surface area contributed by atoms with Crippen LogP contribution in [0.4, 0.5) is 5.69 Å². The quantitative estimate of drug-likeness (QED) is 0.250. The van der Waals surface area contributed by atoms with Crippen molar-refractivity contribution in [2.75, 3.05) is 13.2 Å². The van der Waals surface area contributed by atoms with Crippen LogP contribution in [0.25, 0.3) is 0 Å². The molecule has 2 rings (SSSR count). The molecule has 1 aliphatic heterocycles. The maximum atomic E-state index is 11.9. The Hall–Kier alpha value is -2.85. The fourth-order valence-electron chi connectivity index (χ4n) is 2.10. The number of nitro benzene ring substituents is 1. The summed E-state index contributed by atoms with van der Waals surface area (Å²) in [5, 5.41) is 11.1. The maximum Gasteiger partial charge on any atom is 0.348 e. The molecule has 1 heterocycles. The molecule has 0 N–H and O–H groups in total. The smallest absolute Gasteiger partial charge is 0.348 e. The molecule has 2 atom stereocenters. The van der Waals surface area contributed by atoms with Crippen LogP contribution in [0.2, 0.25) is 0 Å². The number of hydrogen-bond donors (Lipinski definition) is 0. The molecule has 1 fully saturated rings. The number of ether oxygens (including phenoxy) is 4. The van der Waals surface area contributed by atoms with E-state index in [-0.39, 0.29) is 24.5 Å². The van der Waals surface area contributed by atoms with E-state index in [0.717, 1.165) is 13.0 Å². The highest BCUT2D eigenvalue weighted by Gasteiger charge is 2.44. The largest absolute Gasteiger partial charge is 0.455 e. The second kappa shape index (κ2) is 7.36. The molecule has 0 saturated carbocycles. The van der Waals surface area contributed by atoms with E-state index in [1.54, 1.807) is 0 Å². The minimum atomic E-state index is -1.61. The molecular weight excluding hydrogens is 338 g/mol. The minimum absolute atomic E-state index is 0.102. The van der Waals surface area contributed by atoms with Gasteiger partial charge in [-0.1, -0.05) is 0 Å². The summed E-state index contributed by atoms with van der Waals surface area (Å²) in [6, 6.07) is 3.63. The van der Waals surface area contributed by atoms with Gasteiger partial charge < -0.3 is 18.9 Å². The third-order valence-electron chi connectivity index (χ3n) is 3.27. The summed E-state index contributed by atoms with van der Waals surface area (Å²) in [5.74, 6) is -1.93. The molecule has 0 aromatic heterocycles. The van der Waals surface area contributed by atoms with Gasteiger partial charge in [-0.3, -0.25) is 19.7 Å². The standard InChI is InChI=1S/C15H15NO9/c1-9(18)23-14(19)15(2)8-22-7-13(25-15)24-12-4-3-10(6-17)5-11(12)16(20)21/h3-6,13H,7-8H2,1-2H3. The van der Waals surface area contributed by atoms with Crippen molar-refractivity contribution in [1.29, 1.82) is 0 Å². The van der Waals surface area contributed by atoms with Gasteiger partial charge in [0.05, 0.1) is 11.5 Å². The molecule has 0 bridgehead atoms. The van der Waals surface area contributed by atoms with Crippen LogP contribution in [0.1, 0.15) is 24.2 Å². The van der Waals surface area contributed by atoms with E-state index in [2.05, 4.69) is 4.74 Å². The van der Waals surface area contributed by atoms with E-state index in [9.17, 15) is 24.5 Å². The SMILES string of the molecule is CC(=O)OC(=O)C1(C)COCC(Oc2ccc(C=O)cc2[N+](=O)[O-])O1. The molecule has 1 aromatic carbocycles. The molecule has 1 aromatic rings. The number of nitro groups is 1. The van der Waals surface area contributed by atoms with Crippen molar-refractivity contribution in [2.45, 2.75) is 25.7 Å². The number of nitrogens with zero attached hydrogens (tertiary/aromatic N) is 1. The lowest BCUT2D eigenvalue weighted by molar-refractivity contribution is -0.386. The van der Waals surface area contributed by atoms with Crippen molar-refractivity contribution in [1.82, 2.24) is 0 Å². The lowest BCUT2D eigenvalue weighted by Crippen LogP contribution is -2.53. The number of benzene rings is 1. The number of rotatable bonds is 5. The van der Waals surface area contributed by atoms with Crippen molar-refractivity contribution < 1.29 is 38.3 Å². The zero-order valence-electron chi connectivity index (χ0n) is 13.4. The van der Waals surface area contributed by atoms with Gasteiger partial charge in [0.1, 0.15) is 12.9 Å². The van der Waals surface area contributed by atoms with Gasteiger partial charge in [0.2, 0.25) is 6.29 Å². The highest BCUT2D eigenvalue weighted by molar-refractivity contribution is 5.89. The van der Waals surface area contributed by atoms with Crippen molar-refractivity contribution in [2.24, 2.45) is 0 Å². The molecule has 134 valence electrons. The predicted octanol–water partition coefficient (Wildman–Crippen LogP) is 1.01. The lowest BCUT2D eigenvalue weighted by Gasteiger charge is -2.35. The average molecular weight is 353 g/mol. The van der Waals surface area contributed by atoms with E-state index in [1.807, 2.05) is 0 Å². The van der Waals surface area contributed by atoms with Crippen LogP contribution in [0.3, 0.4) is 0 Å². The van der Waals surface area contributed by atoms with E-state index >= 15 is 0 Å². The first-order chi connectivity index (χ1) is 11.7. The summed E-state index contributed by atoms with van der Waals surface area (Å²) in [7, 11) is 0. The van der Waals surface area contributed by atoms with Gasteiger partial charge in [-0.25, -0.2) is 4.79 Å². The van der Waals surface area contributed by atoms with Crippen molar-refractivity contribution in [3.05, 3.63) is 33.9 Å². The van der Waals surface area contributed by atoms with E-state index in [4.69, 9.17) is 14.2 Å². The van der Waals surface area contributed by atoms with E-state index < -0.39 is 34.4 Å². The fourth-order valence-corrected chi connectivity index (χ4v) is 2.10. The summed E-state index contributed by atoms with van der Waals surface area (Å²) < 4.78 is 20.6. The van der Waals surface area contributed by atoms with Crippen LogP contribution in [-0.2, 0) is 23.8 Å². The van der Waals surface area contributed by atoms with E-state index in [1.165, 1.54) is 19.1 Å². The predicted molar refractivity (Wildman–Crippen MR) is 80.0 cm³/mol. The highest BCUT2D eigenvalue weighted by Crippen LogP contribution is 2.31. The van der Waals surface area contributed by atoms with Crippen LogP contribution in [0.5, 0.6) is 5.75 Å². The maximum absolute atomic E-state index is 11.9. The Labute approximate surface area is 141 Å². The van der Waals surface area contributed by atoms with E-state index in [0.29, 0.717) is 6.29 Å². The second-order valence-electron chi connectivity index (χ2n) is 5.39. The third kappa shape index (κ3) is 4.37. The van der Waals surface area contributed by atoms with Gasteiger partial charge in [-0.15, -0.1) is 0 Å². The van der Waals surface area contributed by atoms with Gasteiger partial charge in [0.25, 0.3) is 0 Å². The Morgan fingerprint density at radius 1 is 1.44 bits per heavy atom. The number of carbonyl (C=O) groups excluding carboxylic acids is 3. The highest BCUT2D eigenvalue weighted by atomic mass is 16.7. The molecule has 1 saturated heterocycles. The van der Waals surface area contributed by atoms with Crippen LogP contribution in [-0.4, -0.2) is 48.3 Å². The minimum Gasteiger partial charge on any atom is -0.455 e. The van der Waals surface area contributed by atoms with Crippen molar-refractivity contribution >= 4 is 23.9 Å². The number of aldehydes is 1. The molecule has 1 aliphatic rings. The molecule has 0 aliphatic carbocycles. The molecule has 0 spiro atoms. The first-order valence-corrected chi connectivity index (χ1v) is 7.14. The second-order valence-corrected chi connectivity index (χ2v) is 5.39. The number of esters is 2. The lowest BCUT2D eigenvalue weighted by atomic mass is 10.1. The molecule has 0 radical (unpaired) electrons. The van der Waals surface area contributed by atoms with Crippen molar-refractivity contribution in [3.63, 3.8) is 0 Å². The average Bonchev–Trinajstić information content (AvgIpc) is 2.54. The Kier molecular flexibility index (Phi) is 5.45. The molecule has 0 amide bonds. The van der Waals surface area contributed by atoms with Gasteiger partial charge in [-0.2, -0.15) is 0 Å². The Bertz CT molecular complexity index is 717. The third-order valence-corrected chi connectivity index (χ3v) is 3.27. The Morgan fingerprint density at radius 2 is 2.16 bits per heavy atom. The molecule has 10 heteroatoms. The normalized spacial score (nSPS) is 22.7. The Morgan fingerprint density at radius 3 is 2.76 bits per heavy atom. The van der Waals surface area contributed by atoms with Crippen LogP contribution in [0, 0.1) is 10.1 Å². The first-order valence-electron chi connectivity index (χ1n) is 7.14. The van der Waals surface area contributed by atoms with Gasteiger partial charge in [0, 0.05) is 18.6 Å². The monoisotopic (exact) mass is 353 g/mol. The Balaban J connectivity index is 2.18. The molecule has 2 unspecified atom stereocenters. The number of carbonyl (C=O) groups is 3. The topological polar surface area (TPSA) is 131 Å². The van der Waals surface area contributed by atoms with Crippen LogP contribution >= 0.6 is 0 Å². The zero-order valence-corrected chi connectivity index (χ0v) is 13.4. The summed E-state index contributed by atoms with van der Waals surface area (Å²) in [6.45, 7) is 2.13. The van der Waals surface area contributed by atoms with Crippen LogP contribution < -0.4 is 4.74 Å². The van der Waals surface area contributed by atoms with Gasteiger partial charge in [-0.05, 0) is 19.1 Å². The molecule has 10 nitrogen and oxygen atoms in total. The molecular formula is C15H15NO9. The first kappa shape index (κ1) is 18.5. The number of hydrogen-bond acceptors (Lipinski definition) is 9. The summed E-state index contributed by atoms with van der Waals surface area (Å²) in [6.07, 6.45) is -0.690. The van der Waals surface area contributed by atoms with Crippen LogP contribution in [0.15, 0.2) is 18.2 Å². The van der Waals surface area contributed by atoms with Gasteiger partial charge >= 0.3 is 17.6 Å². The zero-order chi connectivity index (χ0) is 18.6. The van der Waals surface area contributed by atoms with Gasteiger partial charge in [0.15, 0.2) is 11.4 Å². The fraction of sp³-hybridized carbons (Fsp3) is 0.400. The summed E-state index contributed by atoms with van der Waals surface area (Å²) in [4.78, 5) is 44.0. The van der Waals surface area contributed by atoms with Crippen molar-refractivity contribution in [3.8, 4) is 5.75 Å². The summed E-state index contributed by atoms with van der Waals surface area (Å²) in [5.41, 5.74) is -1.94. The molecule has 25 heavy (non-hydrogen) atoms.